The third-order valence-corrected chi connectivity index (χ3v) is 3.06. The van der Waals surface area contributed by atoms with Gasteiger partial charge in [-0.25, -0.2) is 0 Å². The van der Waals surface area contributed by atoms with Crippen LogP contribution in [0.4, 0.5) is 0 Å². The molecule has 2 N–H and O–H groups in total. The Kier molecular flexibility index (Phi) is 4.74. The van der Waals surface area contributed by atoms with Gasteiger partial charge >= 0.3 is 0 Å². The van der Waals surface area contributed by atoms with Gasteiger partial charge in [-0.05, 0) is 18.3 Å². The van der Waals surface area contributed by atoms with Crippen molar-refractivity contribution in [2.45, 2.75) is 45.6 Å². The van der Waals surface area contributed by atoms with E-state index in [9.17, 15) is 0 Å². The third-order valence-electron chi connectivity index (χ3n) is 3.06. The van der Waals surface area contributed by atoms with E-state index in [-0.39, 0.29) is 6.10 Å². The minimum Gasteiger partial charge on any atom is -0.377 e. The van der Waals surface area contributed by atoms with E-state index in [0.29, 0.717) is 12.5 Å². The van der Waals surface area contributed by atoms with Gasteiger partial charge in [0, 0.05) is 13.2 Å². The summed E-state index contributed by atoms with van der Waals surface area (Å²) in [5.41, 5.74) is 5.61. The van der Waals surface area contributed by atoms with Crippen LogP contribution >= 0.6 is 0 Å². The molecule has 78 valence electrons. The molecule has 2 heteroatoms. The highest BCUT2D eigenvalue weighted by atomic mass is 16.5. The Balaban J connectivity index is 2.01. The number of ether oxygens (including phenoxy) is 1. The van der Waals surface area contributed by atoms with Crippen LogP contribution in [0.3, 0.4) is 0 Å². The van der Waals surface area contributed by atoms with Gasteiger partial charge in [-0.2, -0.15) is 0 Å². The second-order valence-electron chi connectivity index (χ2n) is 4.47. The van der Waals surface area contributed by atoms with Gasteiger partial charge < -0.3 is 10.5 Å². The lowest BCUT2D eigenvalue weighted by atomic mass is 9.83. The topological polar surface area (TPSA) is 35.2 Å². The molecular formula is C11H23NO. The Hall–Kier alpha value is -0.0800. The average Bonchev–Trinajstić information content (AvgIpc) is 2.00. The highest BCUT2D eigenvalue weighted by molar-refractivity contribution is 4.70. The highest BCUT2D eigenvalue weighted by Gasteiger charge is 2.18. The van der Waals surface area contributed by atoms with Crippen molar-refractivity contribution in [3.05, 3.63) is 0 Å². The largest absolute Gasteiger partial charge is 0.377 e. The summed E-state index contributed by atoms with van der Waals surface area (Å²) in [5, 5.41) is 0. The SMILES string of the molecule is CC(C)C(CN)OCCC1CCC1. The van der Waals surface area contributed by atoms with Gasteiger partial charge in [-0.3, -0.25) is 0 Å². The third kappa shape index (κ3) is 3.65. The molecule has 0 radical (unpaired) electrons. The van der Waals surface area contributed by atoms with E-state index >= 15 is 0 Å². The predicted octanol–water partition coefficient (Wildman–Crippen LogP) is 2.18. The lowest BCUT2D eigenvalue weighted by molar-refractivity contribution is 0.0163. The maximum absolute atomic E-state index is 5.73. The summed E-state index contributed by atoms with van der Waals surface area (Å²) in [6.45, 7) is 5.90. The van der Waals surface area contributed by atoms with Crippen molar-refractivity contribution in [3.63, 3.8) is 0 Å². The average molecular weight is 185 g/mol. The Bertz CT molecular complexity index is 132. The number of hydrogen-bond acceptors (Lipinski definition) is 2. The van der Waals surface area contributed by atoms with E-state index in [0.717, 1.165) is 12.5 Å². The first-order valence-corrected chi connectivity index (χ1v) is 5.55. The molecule has 1 atom stereocenters. The first-order chi connectivity index (χ1) is 6.24. The Morgan fingerprint density at radius 1 is 1.38 bits per heavy atom. The van der Waals surface area contributed by atoms with E-state index in [1.54, 1.807) is 0 Å². The van der Waals surface area contributed by atoms with Crippen LogP contribution in [-0.2, 0) is 4.74 Å². The van der Waals surface area contributed by atoms with E-state index < -0.39 is 0 Å². The molecule has 1 rings (SSSR count). The monoisotopic (exact) mass is 185 g/mol. The highest BCUT2D eigenvalue weighted by Crippen LogP contribution is 2.29. The fourth-order valence-electron chi connectivity index (χ4n) is 1.70. The fourth-order valence-corrected chi connectivity index (χ4v) is 1.70. The smallest absolute Gasteiger partial charge is 0.0720 e. The van der Waals surface area contributed by atoms with E-state index in [4.69, 9.17) is 10.5 Å². The normalized spacial score (nSPS) is 20.3. The quantitative estimate of drug-likeness (QED) is 0.688. The maximum atomic E-state index is 5.73. The standard InChI is InChI=1S/C11H23NO/c1-9(2)11(8-12)13-7-6-10-4-3-5-10/h9-11H,3-8,12H2,1-2H3. The molecule has 0 aliphatic heterocycles. The Labute approximate surface area is 81.8 Å². The Morgan fingerprint density at radius 3 is 2.46 bits per heavy atom. The molecule has 2 nitrogen and oxygen atoms in total. The summed E-state index contributed by atoms with van der Waals surface area (Å²) in [6, 6.07) is 0. The van der Waals surface area contributed by atoms with Crippen LogP contribution in [0.25, 0.3) is 0 Å². The van der Waals surface area contributed by atoms with Gasteiger partial charge in [-0.1, -0.05) is 33.1 Å². The zero-order valence-corrected chi connectivity index (χ0v) is 8.96. The van der Waals surface area contributed by atoms with Crippen LogP contribution in [-0.4, -0.2) is 19.3 Å². The molecule has 0 saturated heterocycles. The van der Waals surface area contributed by atoms with Gasteiger partial charge in [0.1, 0.15) is 0 Å². The van der Waals surface area contributed by atoms with E-state index in [1.807, 2.05) is 0 Å². The molecule has 1 aliphatic carbocycles. The molecular weight excluding hydrogens is 162 g/mol. The minimum absolute atomic E-state index is 0.264. The summed E-state index contributed by atoms with van der Waals surface area (Å²) >= 11 is 0. The predicted molar refractivity (Wildman–Crippen MR) is 55.6 cm³/mol. The van der Waals surface area contributed by atoms with E-state index in [2.05, 4.69) is 13.8 Å². The van der Waals surface area contributed by atoms with Crippen molar-refractivity contribution in [2.75, 3.05) is 13.2 Å². The minimum atomic E-state index is 0.264. The molecule has 1 saturated carbocycles. The van der Waals surface area contributed by atoms with Crippen LogP contribution in [0.15, 0.2) is 0 Å². The lowest BCUT2D eigenvalue weighted by Gasteiger charge is -2.27. The Morgan fingerprint density at radius 2 is 2.08 bits per heavy atom. The zero-order chi connectivity index (χ0) is 9.68. The molecule has 13 heavy (non-hydrogen) atoms. The lowest BCUT2D eigenvalue weighted by Crippen LogP contribution is -2.30. The number of rotatable bonds is 6. The maximum Gasteiger partial charge on any atom is 0.0720 e. The first kappa shape index (κ1) is 11.0. The van der Waals surface area contributed by atoms with Crippen LogP contribution in [0.2, 0.25) is 0 Å². The number of nitrogens with two attached hydrogens (primary N) is 1. The van der Waals surface area contributed by atoms with Crippen LogP contribution < -0.4 is 5.73 Å². The van der Waals surface area contributed by atoms with Crippen LogP contribution in [0.1, 0.15) is 39.5 Å². The fraction of sp³-hybridized carbons (Fsp3) is 1.00. The molecule has 0 aromatic rings. The number of hydrogen-bond donors (Lipinski definition) is 1. The van der Waals surface area contributed by atoms with Crippen LogP contribution in [0.5, 0.6) is 0 Å². The van der Waals surface area contributed by atoms with Crippen molar-refractivity contribution in [2.24, 2.45) is 17.6 Å². The molecule has 1 aliphatic rings. The molecule has 0 aromatic carbocycles. The van der Waals surface area contributed by atoms with Gasteiger partial charge in [0.05, 0.1) is 6.10 Å². The van der Waals surface area contributed by atoms with Gasteiger partial charge in [-0.15, -0.1) is 0 Å². The molecule has 1 unspecified atom stereocenters. The van der Waals surface area contributed by atoms with Gasteiger partial charge in [0.25, 0.3) is 0 Å². The second kappa shape index (κ2) is 5.61. The summed E-state index contributed by atoms with van der Waals surface area (Å²) in [6.07, 6.45) is 5.76. The second-order valence-corrected chi connectivity index (χ2v) is 4.47. The van der Waals surface area contributed by atoms with Crippen molar-refractivity contribution < 1.29 is 4.74 Å². The van der Waals surface area contributed by atoms with Gasteiger partial charge in [0.2, 0.25) is 0 Å². The molecule has 0 amide bonds. The van der Waals surface area contributed by atoms with Crippen molar-refractivity contribution in [1.82, 2.24) is 0 Å². The summed E-state index contributed by atoms with van der Waals surface area (Å²) in [4.78, 5) is 0. The molecule has 0 bridgehead atoms. The van der Waals surface area contributed by atoms with Gasteiger partial charge in [0.15, 0.2) is 0 Å². The first-order valence-electron chi connectivity index (χ1n) is 5.55. The summed E-state index contributed by atoms with van der Waals surface area (Å²) in [7, 11) is 0. The van der Waals surface area contributed by atoms with Crippen molar-refractivity contribution >= 4 is 0 Å². The molecule has 0 aromatic heterocycles. The van der Waals surface area contributed by atoms with Crippen molar-refractivity contribution in [1.29, 1.82) is 0 Å². The summed E-state index contributed by atoms with van der Waals surface area (Å²) in [5.74, 6) is 1.50. The van der Waals surface area contributed by atoms with Crippen LogP contribution in [0, 0.1) is 11.8 Å². The van der Waals surface area contributed by atoms with Crippen molar-refractivity contribution in [3.8, 4) is 0 Å². The molecule has 1 fully saturated rings. The molecule has 0 heterocycles. The molecule has 0 spiro atoms. The zero-order valence-electron chi connectivity index (χ0n) is 8.96. The summed E-state index contributed by atoms with van der Waals surface area (Å²) < 4.78 is 5.73. The van der Waals surface area contributed by atoms with E-state index in [1.165, 1.54) is 25.7 Å².